The van der Waals surface area contributed by atoms with Crippen molar-refractivity contribution >= 4 is 19.3 Å². The van der Waals surface area contributed by atoms with Crippen LogP contribution in [0.5, 0.6) is 0 Å². The fourth-order valence-electron chi connectivity index (χ4n) is 2.18. The average Bonchev–Trinajstić information content (AvgIpc) is 2.38. The van der Waals surface area contributed by atoms with E-state index in [1.165, 1.54) is 21.9 Å². The lowest BCUT2D eigenvalue weighted by Gasteiger charge is -2.22. The third-order valence-corrected chi connectivity index (χ3v) is 5.20. The molecule has 0 saturated heterocycles. The van der Waals surface area contributed by atoms with Gasteiger partial charge in [0.2, 0.25) is 0 Å². The molecule has 0 aliphatic rings. The van der Waals surface area contributed by atoms with Crippen molar-refractivity contribution in [1.29, 1.82) is 0 Å². The molecule has 18 heavy (non-hydrogen) atoms. The molecular weight excluding hydrogens is 232 g/mol. The highest BCUT2D eigenvalue weighted by Crippen LogP contribution is 2.21. The largest absolute Gasteiger partial charge is 0.0985 e. The van der Waals surface area contributed by atoms with Gasteiger partial charge in [-0.2, -0.15) is 0 Å². The maximum atomic E-state index is 3.87. The Bertz CT molecular complexity index is 548. The third kappa shape index (κ3) is 2.62. The van der Waals surface area contributed by atoms with Crippen LogP contribution < -0.4 is 5.19 Å². The molecule has 92 valence electrons. The molecule has 0 aromatic heterocycles. The molecule has 0 saturated carbocycles. The zero-order valence-corrected chi connectivity index (χ0v) is 12.4. The summed E-state index contributed by atoms with van der Waals surface area (Å²) in [5.74, 6) is 0. The second-order valence-corrected chi connectivity index (χ2v) is 10.7. The van der Waals surface area contributed by atoms with Crippen molar-refractivity contribution in [3.05, 3.63) is 60.7 Å². The fourth-order valence-corrected chi connectivity index (χ4v) is 3.81. The first kappa shape index (κ1) is 12.8. The molecule has 0 spiro atoms. The first-order chi connectivity index (χ1) is 8.52. The highest BCUT2D eigenvalue weighted by atomic mass is 28.3. The lowest BCUT2D eigenvalue weighted by atomic mass is 10.0. The number of rotatable bonds is 3. The van der Waals surface area contributed by atoms with E-state index in [-0.39, 0.29) is 0 Å². The minimum Gasteiger partial charge on any atom is -0.0985 e. The molecule has 0 unspecified atom stereocenters. The van der Waals surface area contributed by atoms with Crippen LogP contribution in [0.1, 0.15) is 5.56 Å². The number of hydrogen-bond donors (Lipinski definition) is 0. The predicted molar refractivity (Wildman–Crippen MR) is 84.9 cm³/mol. The Morgan fingerprint density at radius 2 is 1.61 bits per heavy atom. The smallest absolute Gasteiger partial charge is 0.0784 e. The Balaban J connectivity index is 2.64. The van der Waals surface area contributed by atoms with Crippen molar-refractivity contribution in [2.45, 2.75) is 19.6 Å². The highest BCUT2D eigenvalue weighted by molar-refractivity contribution is 6.89. The van der Waals surface area contributed by atoms with Gasteiger partial charge in [-0.3, -0.25) is 0 Å². The summed E-state index contributed by atoms with van der Waals surface area (Å²) in [5, 5.41) is 1.51. The van der Waals surface area contributed by atoms with Crippen LogP contribution >= 0.6 is 0 Å². The van der Waals surface area contributed by atoms with Crippen LogP contribution in [0.3, 0.4) is 0 Å². The molecule has 0 heterocycles. The molecule has 2 rings (SSSR count). The summed E-state index contributed by atoms with van der Waals surface area (Å²) in [6.45, 7) is 11.0. The van der Waals surface area contributed by atoms with Crippen LogP contribution in [0.4, 0.5) is 0 Å². The van der Waals surface area contributed by atoms with Crippen molar-refractivity contribution in [3.8, 4) is 11.1 Å². The van der Waals surface area contributed by atoms with Crippen molar-refractivity contribution in [2.75, 3.05) is 0 Å². The van der Waals surface area contributed by atoms with Crippen LogP contribution in [-0.4, -0.2) is 8.07 Å². The summed E-state index contributed by atoms with van der Waals surface area (Å²) in [4.78, 5) is 0. The minimum absolute atomic E-state index is 1.21. The van der Waals surface area contributed by atoms with Gasteiger partial charge in [0.25, 0.3) is 0 Å². The van der Waals surface area contributed by atoms with Gasteiger partial charge in [0.05, 0.1) is 8.07 Å². The topological polar surface area (TPSA) is 0 Å². The van der Waals surface area contributed by atoms with Crippen LogP contribution in [0, 0.1) is 0 Å². The summed E-state index contributed by atoms with van der Waals surface area (Å²) in [6.07, 6.45) is 1.93. The van der Waals surface area contributed by atoms with Crippen LogP contribution in [-0.2, 0) is 0 Å². The van der Waals surface area contributed by atoms with Gasteiger partial charge in [0, 0.05) is 0 Å². The zero-order chi connectivity index (χ0) is 13.2. The second kappa shape index (κ2) is 4.95. The molecule has 0 N–H and O–H groups in total. The second-order valence-electron chi connectivity index (χ2n) is 5.63. The normalized spacial score (nSPS) is 11.3. The van der Waals surface area contributed by atoms with Gasteiger partial charge >= 0.3 is 0 Å². The molecular formula is C17H20Si. The van der Waals surface area contributed by atoms with Gasteiger partial charge in [-0.25, -0.2) is 0 Å². The molecule has 1 heteroatoms. The molecule has 0 fully saturated rings. The van der Waals surface area contributed by atoms with Gasteiger partial charge < -0.3 is 0 Å². The Hall–Kier alpha value is -1.60. The van der Waals surface area contributed by atoms with E-state index in [0.29, 0.717) is 0 Å². The SMILES string of the molecule is C=Cc1ccc(-c2ccccc2)c([Si](C)(C)C)c1. The standard InChI is InChI=1S/C17H20Si/c1-5-14-11-12-16(15-9-7-6-8-10-15)17(13-14)18(2,3)4/h5-13H,1H2,2-4H3. The van der Waals surface area contributed by atoms with E-state index < -0.39 is 8.07 Å². The van der Waals surface area contributed by atoms with Crippen molar-refractivity contribution < 1.29 is 0 Å². The Labute approximate surface area is 111 Å². The maximum absolute atomic E-state index is 3.87. The first-order valence-electron chi connectivity index (χ1n) is 6.35. The Kier molecular flexibility index (Phi) is 3.53. The predicted octanol–water partition coefficient (Wildman–Crippen LogP) is 4.54. The van der Waals surface area contributed by atoms with E-state index in [4.69, 9.17) is 0 Å². The van der Waals surface area contributed by atoms with Crippen LogP contribution in [0.15, 0.2) is 55.1 Å². The maximum Gasteiger partial charge on any atom is 0.0784 e. The number of benzene rings is 2. The van der Waals surface area contributed by atoms with Crippen molar-refractivity contribution in [1.82, 2.24) is 0 Å². The molecule has 0 bridgehead atoms. The molecule has 0 atom stereocenters. The summed E-state index contributed by atoms with van der Waals surface area (Å²) in [6, 6.07) is 17.3. The lowest BCUT2D eigenvalue weighted by molar-refractivity contribution is 1.60. The molecule has 0 amide bonds. The third-order valence-electron chi connectivity index (χ3n) is 3.17. The molecule has 2 aromatic rings. The molecule has 0 aliphatic heterocycles. The van der Waals surface area contributed by atoms with E-state index in [1.54, 1.807) is 0 Å². The van der Waals surface area contributed by atoms with Gasteiger partial charge in [-0.05, 0) is 16.7 Å². The zero-order valence-electron chi connectivity index (χ0n) is 11.4. The Morgan fingerprint density at radius 1 is 0.944 bits per heavy atom. The lowest BCUT2D eigenvalue weighted by Crippen LogP contribution is -2.39. The monoisotopic (exact) mass is 252 g/mol. The summed E-state index contributed by atoms with van der Waals surface area (Å²) in [5.41, 5.74) is 3.90. The van der Waals surface area contributed by atoms with Gasteiger partial charge in [0.1, 0.15) is 0 Å². The summed E-state index contributed by atoms with van der Waals surface area (Å²) >= 11 is 0. The first-order valence-corrected chi connectivity index (χ1v) is 9.85. The van der Waals surface area contributed by atoms with E-state index in [0.717, 1.165) is 0 Å². The molecule has 2 aromatic carbocycles. The average molecular weight is 252 g/mol. The van der Waals surface area contributed by atoms with Crippen LogP contribution in [0.2, 0.25) is 19.6 Å². The molecule has 0 radical (unpaired) electrons. The van der Waals surface area contributed by atoms with E-state index in [9.17, 15) is 0 Å². The fraction of sp³-hybridized carbons (Fsp3) is 0.176. The van der Waals surface area contributed by atoms with Gasteiger partial charge in [0.15, 0.2) is 0 Å². The molecule has 0 aliphatic carbocycles. The quantitative estimate of drug-likeness (QED) is 0.703. The minimum atomic E-state index is -1.36. The van der Waals surface area contributed by atoms with E-state index >= 15 is 0 Å². The van der Waals surface area contributed by atoms with Gasteiger partial charge in [-0.15, -0.1) is 0 Å². The van der Waals surface area contributed by atoms with E-state index in [2.05, 4.69) is 74.8 Å². The summed E-state index contributed by atoms with van der Waals surface area (Å²) < 4.78 is 0. The molecule has 0 nitrogen and oxygen atoms in total. The van der Waals surface area contributed by atoms with Crippen LogP contribution in [0.25, 0.3) is 17.2 Å². The van der Waals surface area contributed by atoms with E-state index in [1.807, 2.05) is 6.08 Å². The highest BCUT2D eigenvalue weighted by Gasteiger charge is 2.20. The van der Waals surface area contributed by atoms with Crippen molar-refractivity contribution in [2.24, 2.45) is 0 Å². The van der Waals surface area contributed by atoms with Gasteiger partial charge in [-0.1, -0.05) is 86.0 Å². The van der Waals surface area contributed by atoms with Crippen molar-refractivity contribution in [3.63, 3.8) is 0 Å². The number of hydrogen-bond acceptors (Lipinski definition) is 0. The summed E-state index contributed by atoms with van der Waals surface area (Å²) in [7, 11) is -1.36. The Morgan fingerprint density at radius 3 is 2.17 bits per heavy atom.